The fraction of sp³-hybridized carbons (Fsp3) is 0.350. The second-order valence-electron chi connectivity index (χ2n) is 6.52. The summed E-state index contributed by atoms with van der Waals surface area (Å²) < 4.78 is 6.07. The number of nitrogens with zero attached hydrogens (tertiary/aromatic N) is 4. The van der Waals surface area contributed by atoms with Gasteiger partial charge < -0.3 is 4.74 Å². The molecule has 0 radical (unpaired) electrons. The molecule has 1 atom stereocenters. The zero-order valence-electron chi connectivity index (χ0n) is 14.6. The summed E-state index contributed by atoms with van der Waals surface area (Å²) in [5, 5.41) is 2.05. The van der Waals surface area contributed by atoms with E-state index in [4.69, 9.17) is 4.74 Å². The third-order valence-electron chi connectivity index (χ3n) is 4.51. The molecule has 6 heteroatoms. The number of aromatic nitrogens is 3. The van der Waals surface area contributed by atoms with Gasteiger partial charge in [0.2, 0.25) is 0 Å². The maximum absolute atomic E-state index is 6.07. The van der Waals surface area contributed by atoms with Crippen LogP contribution >= 0.6 is 11.3 Å². The average molecular weight is 366 g/mol. The molecule has 3 aromatic rings. The van der Waals surface area contributed by atoms with Gasteiger partial charge in [-0.3, -0.25) is 9.88 Å². The first-order valence-corrected chi connectivity index (χ1v) is 9.83. The molecule has 0 saturated carbocycles. The molecule has 0 spiro atoms. The lowest BCUT2D eigenvalue weighted by molar-refractivity contribution is -0.0133. The number of thiophene rings is 1. The van der Waals surface area contributed by atoms with Crippen molar-refractivity contribution in [2.24, 2.45) is 0 Å². The van der Waals surface area contributed by atoms with Crippen LogP contribution in [0.5, 0.6) is 0 Å². The Balaban J connectivity index is 1.30. The second-order valence-corrected chi connectivity index (χ2v) is 7.47. The van der Waals surface area contributed by atoms with E-state index in [0.717, 1.165) is 54.4 Å². The van der Waals surface area contributed by atoms with E-state index < -0.39 is 0 Å². The molecule has 0 aromatic carbocycles. The van der Waals surface area contributed by atoms with Gasteiger partial charge in [-0.25, -0.2) is 9.97 Å². The summed E-state index contributed by atoms with van der Waals surface area (Å²) in [5.41, 5.74) is 2.14. The number of rotatable bonds is 6. The fourth-order valence-electron chi connectivity index (χ4n) is 3.21. The van der Waals surface area contributed by atoms with E-state index in [9.17, 15) is 0 Å². The van der Waals surface area contributed by atoms with Crippen molar-refractivity contribution in [3.05, 3.63) is 65.6 Å². The van der Waals surface area contributed by atoms with Crippen molar-refractivity contribution in [3.8, 4) is 10.7 Å². The van der Waals surface area contributed by atoms with Gasteiger partial charge in [0.25, 0.3) is 0 Å². The molecule has 4 rings (SSSR count). The molecule has 134 valence electrons. The topological polar surface area (TPSA) is 51.1 Å². The van der Waals surface area contributed by atoms with Gasteiger partial charge >= 0.3 is 0 Å². The maximum Gasteiger partial charge on any atom is 0.169 e. The average Bonchev–Trinajstić information content (AvgIpc) is 3.23. The quantitative estimate of drug-likeness (QED) is 0.664. The van der Waals surface area contributed by atoms with Crippen LogP contribution in [0, 0.1) is 0 Å². The highest BCUT2D eigenvalue weighted by Crippen LogP contribution is 2.21. The van der Waals surface area contributed by atoms with Crippen LogP contribution < -0.4 is 0 Å². The van der Waals surface area contributed by atoms with Crippen molar-refractivity contribution < 1.29 is 4.74 Å². The molecule has 1 fully saturated rings. The highest BCUT2D eigenvalue weighted by atomic mass is 32.1. The van der Waals surface area contributed by atoms with Crippen molar-refractivity contribution in [2.45, 2.75) is 32.1 Å². The number of pyridine rings is 1. The van der Waals surface area contributed by atoms with Crippen LogP contribution in [0.4, 0.5) is 0 Å². The zero-order chi connectivity index (χ0) is 17.6. The molecule has 1 aliphatic rings. The standard InChI is InChI=1S/C20H22N4OS/c1-2-8-21-17(5-1)15-25-18-6-3-9-24(14-18)13-16-11-22-20(23-12-16)19-7-4-10-26-19/h1-2,4-5,7-8,10-12,18H,3,6,9,13-15H2. The summed E-state index contributed by atoms with van der Waals surface area (Å²) in [6.07, 6.45) is 8.22. The normalized spacial score (nSPS) is 18.1. The summed E-state index contributed by atoms with van der Waals surface area (Å²) >= 11 is 1.66. The van der Waals surface area contributed by atoms with E-state index in [0.29, 0.717) is 6.61 Å². The Morgan fingerprint density at radius 2 is 2.04 bits per heavy atom. The number of hydrogen-bond donors (Lipinski definition) is 0. The molecule has 1 unspecified atom stereocenters. The lowest BCUT2D eigenvalue weighted by Crippen LogP contribution is -2.39. The van der Waals surface area contributed by atoms with Gasteiger partial charge in [0.1, 0.15) is 0 Å². The summed E-state index contributed by atoms with van der Waals surface area (Å²) in [7, 11) is 0. The first kappa shape index (κ1) is 17.3. The predicted octanol–water partition coefficient (Wildman–Crippen LogP) is 3.78. The lowest BCUT2D eigenvalue weighted by atomic mass is 10.1. The largest absolute Gasteiger partial charge is 0.371 e. The highest BCUT2D eigenvalue weighted by molar-refractivity contribution is 7.13. The molecule has 0 bridgehead atoms. The summed E-state index contributed by atoms with van der Waals surface area (Å²) in [6, 6.07) is 10.0. The Hall–Kier alpha value is -2.15. The summed E-state index contributed by atoms with van der Waals surface area (Å²) in [4.78, 5) is 16.9. The third kappa shape index (κ3) is 4.52. The number of ether oxygens (including phenoxy) is 1. The Morgan fingerprint density at radius 1 is 1.12 bits per heavy atom. The van der Waals surface area contributed by atoms with E-state index >= 15 is 0 Å². The van der Waals surface area contributed by atoms with Crippen LogP contribution in [-0.4, -0.2) is 39.0 Å². The van der Waals surface area contributed by atoms with Gasteiger partial charge in [-0.15, -0.1) is 11.3 Å². The van der Waals surface area contributed by atoms with Gasteiger partial charge in [-0.05, 0) is 43.0 Å². The van der Waals surface area contributed by atoms with Gasteiger partial charge in [0, 0.05) is 37.2 Å². The molecule has 4 heterocycles. The Morgan fingerprint density at radius 3 is 2.81 bits per heavy atom. The number of piperidine rings is 1. The first-order valence-electron chi connectivity index (χ1n) is 8.95. The molecule has 0 aliphatic carbocycles. The molecular weight excluding hydrogens is 344 g/mol. The van der Waals surface area contributed by atoms with E-state index in [-0.39, 0.29) is 6.10 Å². The smallest absolute Gasteiger partial charge is 0.169 e. The monoisotopic (exact) mass is 366 g/mol. The minimum atomic E-state index is 0.261. The molecular formula is C20H22N4OS. The first-order chi connectivity index (χ1) is 12.9. The maximum atomic E-state index is 6.07. The van der Waals surface area contributed by atoms with E-state index in [1.807, 2.05) is 54.3 Å². The number of likely N-dealkylation sites (tertiary alicyclic amines) is 1. The van der Waals surface area contributed by atoms with Gasteiger partial charge in [0.15, 0.2) is 5.82 Å². The van der Waals surface area contributed by atoms with Crippen molar-refractivity contribution in [1.29, 1.82) is 0 Å². The van der Waals surface area contributed by atoms with Crippen LogP contribution in [0.3, 0.4) is 0 Å². The van der Waals surface area contributed by atoms with E-state index in [1.54, 1.807) is 11.3 Å². The SMILES string of the molecule is c1ccc(COC2CCCN(Cc3cnc(-c4cccs4)nc3)C2)nc1. The molecule has 0 amide bonds. The Bertz CT molecular complexity index is 792. The zero-order valence-corrected chi connectivity index (χ0v) is 15.4. The summed E-state index contributed by atoms with van der Waals surface area (Å²) in [5.74, 6) is 0.805. The minimum Gasteiger partial charge on any atom is -0.371 e. The van der Waals surface area contributed by atoms with Crippen LogP contribution in [0.15, 0.2) is 54.3 Å². The predicted molar refractivity (Wildman–Crippen MR) is 103 cm³/mol. The minimum absolute atomic E-state index is 0.261. The van der Waals surface area contributed by atoms with Crippen molar-refractivity contribution >= 4 is 11.3 Å². The van der Waals surface area contributed by atoms with Crippen molar-refractivity contribution in [2.75, 3.05) is 13.1 Å². The Kier molecular flexibility index (Phi) is 5.64. The molecule has 1 aliphatic heterocycles. The van der Waals surface area contributed by atoms with Gasteiger partial charge in [-0.2, -0.15) is 0 Å². The fourth-order valence-corrected chi connectivity index (χ4v) is 3.88. The molecule has 5 nitrogen and oxygen atoms in total. The van der Waals surface area contributed by atoms with Crippen LogP contribution in [0.25, 0.3) is 10.7 Å². The van der Waals surface area contributed by atoms with Crippen LogP contribution in [0.2, 0.25) is 0 Å². The summed E-state index contributed by atoms with van der Waals surface area (Å²) in [6.45, 7) is 3.49. The molecule has 1 saturated heterocycles. The van der Waals surface area contributed by atoms with Crippen LogP contribution in [0.1, 0.15) is 24.1 Å². The highest BCUT2D eigenvalue weighted by Gasteiger charge is 2.21. The lowest BCUT2D eigenvalue weighted by Gasteiger charge is -2.32. The molecule has 0 N–H and O–H groups in total. The van der Waals surface area contributed by atoms with E-state index in [1.165, 1.54) is 0 Å². The van der Waals surface area contributed by atoms with Gasteiger partial charge in [-0.1, -0.05) is 12.1 Å². The third-order valence-corrected chi connectivity index (χ3v) is 5.37. The van der Waals surface area contributed by atoms with E-state index in [2.05, 4.69) is 19.9 Å². The molecule has 26 heavy (non-hydrogen) atoms. The second kappa shape index (κ2) is 8.49. The van der Waals surface area contributed by atoms with Crippen molar-refractivity contribution in [1.82, 2.24) is 19.9 Å². The van der Waals surface area contributed by atoms with Gasteiger partial charge in [0.05, 0.1) is 23.3 Å². The molecule has 3 aromatic heterocycles. The van der Waals surface area contributed by atoms with Crippen molar-refractivity contribution in [3.63, 3.8) is 0 Å². The van der Waals surface area contributed by atoms with Crippen LogP contribution in [-0.2, 0) is 17.9 Å². The number of hydrogen-bond acceptors (Lipinski definition) is 6. The Labute approximate surface area is 157 Å².